The Morgan fingerprint density at radius 3 is 2.58 bits per heavy atom. The summed E-state index contributed by atoms with van der Waals surface area (Å²) in [4.78, 5) is 17.2. The van der Waals surface area contributed by atoms with E-state index >= 15 is 0 Å². The third-order valence-electron chi connectivity index (χ3n) is 4.36. The summed E-state index contributed by atoms with van der Waals surface area (Å²) in [5, 5.41) is 0. The number of hydrogen-bond acceptors (Lipinski definition) is 6. The zero-order valence-electron chi connectivity index (χ0n) is 17.2. The average molecular weight is 457 g/mol. The van der Waals surface area contributed by atoms with E-state index in [0.29, 0.717) is 26.5 Å². The standard InChI is InChI=1S/C22H20N2O5S2/c1-5-12-24-17-9-8-16(31(4,26)27)14-20(17)30-22(24)23-21(25)11-7-15-6-10-18(28-2)19(13-15)29-3/h1,6-11,13-14H,12H2,2-4H3. The van der Waals surface area contributed by atoms with Crippen molar-refractivity contribution in [3.8, 4) is 23.8 Å². The van der Waals surface area contributed by atoms with Gasteiger partial charge in [0.05, 0.1) is 35.9 Å². The Morgan fingerprint density at radius 2 is 1.94 bits per heavy atom. The molecule has 0 fully saturated rings. The van der Waals surface area contributed by atoms with E-state index in [-0.39, 0.29) is 11.4 Å². The van der Waals surface area contributed by atoms with E-state index in [1.807, 2.05) is 0 Å². The van der Waals surface area contributed by atoms with Crippen LogP contribution >= 0.6 is 11.3 Å². The maximum Gasteiger partial charge on any atom is 0.272 e. The largest absolute Gasteiger partial charge is 0.493 e. The molecule has 0 radical (unpaired) electrons. The van der Waals surface area contributed by atoms with E-state index in [1.54, 1.807) is 48.1 Å². The number of hydrogen-bond donors (Lipinski definition) is 0. The Balaban J connectivity index is 1.99. The molecule has 0 aliphatic heterocycles. The number of amides is 1. The summed E-state index contributed by atoms with van der Waals surface area (Å²) in [6, 6.07) is 10.0. The minimum Gasteiger partial charge on any atom is -0.493 e. The van der Waals surface area contributed by atoms with Crippen LogP contribution in [-0.2, 0) is 21.2 Å². The molecule has 3 aromatic rings. The van der Waals surface area contributed by atoms with Crippen molar-refractivity contribution >= 4 is 43.4 Å². The van der Waals surface area contributed by atoms with E-state index in [1.165, 1.54) is 30.6 Å². The number of methoxy groups -OCH3 is 2. The molecule has 0 aliphatic carbocycles. The fraction of sp³-hybridized carbons (Fsp3) is 0.182. The summed E-state index contributed by atoms with van der Waals surface area (Å²) in [5.41, 5.74) is 1.46. The molecule has 0 unspecified atom stereocenters. The number of terminal acetylenes is 1. The van der Waals surface area contributed by atoms with Crippen molar-refractivity contribution in [3.63, 3.8) is 0 Å². The second-order valence-electron chi connectivity index (χ2n) is 6.47. The number of carbonyl (C=O) groups is 1. The van der Waals surface area contributed by atoms with Crippen LogP contribution in [0.3, 0.4) is 0 Å². The van der Waals surface area contributed by atoms with Crippen molar-refractivity contribution in [2.75, 3.05) is 20.5 Å². The molecule has 3 rings (SSSR count). The maximum atomic E-state index is 12.5. The summed E-state index contributed by atoms with van der Waals surface area (Å²) in [6.45, 7) is 0.198. The van der Waals surface area contributed by atoms with Gasteiger partial charge in [-0.15, -0.1) is 6.42 Å². The smallest absolute Gasteiger partial charge is 0.272 e. The molecule has 0 aliphatic rings. The van der Waals surface area contributed by atoms with Gasteiger partial charge in [-0.2, -0.15) is 4.99 Å². The number of sulfone groups is 1. The first-order valence-corrected chi connectivity index (χ1v) is 11.7. The Labute approximate surface area is 184 Å². The maximum absolute atomic E-state index is 12.5. The van der Waals surface area contributed by atoms with Crippen molar-refractivity contribution in [3.05, 3.63) is 52.8 Å². The summed E-state index contributed by atoms with van der Waals surface area (Å²) < 4.78 is 36.5. The molecule has 1 aromatic heterocycles. The minimum absolute atomic E-state index is 0.195. The van der Waals surface area contributed by atoms with E-state index < -0.39 is 15.7 Å². The van der Waals surface area contributed by atoms with Gasteiger partial charge in [0.15, 0.2) is 26.1 Å². The first-order valence-electron chi connectivity index (χ1n) is 9.02. The molecule has 0 saturated carbocycles. The van der Waals surface area contributed by atoms with Crippen LogP contribution in [0, 0.1) is 12.3 Å². The zero-order valence-corrected chi connectivity index (χ0v) is 18.8. The van der Waals surface area contributed by atoms with Crippen LogP contribution in [0.2, 0.25) is 0 Å². The number of carbonyl (C=O) groups excluding carboxylic acids is 1. The van der Waals surface area contributed by atoms with Gasteiger partial charge in [-0.05, 0) is 42.0 Å². The number of rotatable bonds is 6. The van der Waals surface area contributed by atoms with Crippen molar-refractivity contribution in [2.24, 2.45) is 4.99 Å². The van der Waals surface area contributed by atoms with E-state index in [0.717, 1.165) is 11.8 Å². The van der Waals surface area contributed by atoms with Gasteiger partial charge >= 0.3 is 0 Å². The van der Waals surface area contributed by atoms with Crippen molar-refractivity contribution in [1.82, 2.24) is 4.57 Å². The number of aromatic nitrogens is 1. The Morgan fingerprint density at radius 1 is 1.19 bits per heavy atom. The summed E-state index contributed by atoms with van der Waals surface area (Å²) in [6.07, 6.45) is 9.57. The van der Waals surface area contributed by atoms with E-state index in [2.05, 4.69) is 10.9 Å². The van der Waals surface area contributed by atoms with Crippen LogP contribution in [0.1, 0.15) is 5.56 Å². The second-order valence-corrected chi connectivity index (χ2v) is 9.50. The molecule has 1 amide bonds. The van der Waals surface area contributed by atoms with Crippen LogP contribution in [-0.4, -0.2) is 39.4 Å². The monoisotopic (exact) mass is 456 g/mol. The second kappa shape index (κ2) is 9.20. The van der Waals surface area contributed by atoms with Gasteiger partial charge in [0.2, 0.25) is 0 Å². The lowest BCUT2D eigenvalue weighted by atomic mass is 10.2. The topological polar surface area (TPSA) is 87.0 Å². The van der Waals surface area contributed by atoms with E-state index in [4.69, 9.17) is 15.9 Å². The average Bonchev–Trinajstić information content (AvgIpc) is 3.07. The number of benzene rings is 2. The van der Waals surface area contributed by atoms with Crippen molar-refractivity contribution in [2.45, 2.75) is 11.4 Å². The molecule has 1 heterocycles. The van der Waals surface area contributed by atoms with Crippen LogP contribution in [0.5, 0.6) is 11.5 Å². The molecule has 9 heteroatoms. The highest BCUT2D eigenvalue weighted by Crippen LogP contribution is 2.28. The predicted molar refractivity (Wildman–Crippen MR) is 121 cm³/mol. The highest BCUT2D eigenvalue weighted by Gasteiger charge is 2.12. The molecule has 7 nitrogen and oxygen atoms in total. The molecule has 0 bridgehead atoms. The highest BCUT2D eigenvalue weighted by molar-refractivity contribution is 7.90. The SMILES string of the molecule is C#CCn1c(=NC(=O)C=Cc2ccc(OC)c(OC)c2)sc2cc(S(C)(=O)=O)ccc21. The predicted octanol–water partition coefficient (Wildman–Crippen LogP) is 2.90. The van der Waals surface area contributed by atoms with Gasteiger partial charge in [-0.3, -0.25) is 4.79 Å². The molecule has 0 N–H and O–H groups in total. The minimum atomic E-state index is -3.35. The summed E-state index contributed by atoms with van der Waals surface area (Å²) in [5.74, 6) is 3.20. The number of thiazole rings is 1. The Bertz CT molecular complexity index is 1390. The summed E-state index contributed by atoms with van der Waals surface area (Å²) in [7, 11) is -0.273. The Hall–Kier alpha value is -3.35. The third kappa shape index (κ3) is 5.05. The van der Waals surface area contributed by atoms with Gasteiger partial charge in [0, 0.05) is 12.3 Å². The number of ether oxygens (including phenoxy) is 2. The van der Waals surface area contributed by atoms with Crippen molar-refractivity contribution < 1.29 is 22.7 Å². The molecule has 0 saturated heterocycles. The first kappa shape index (κ1) is 22.3. The van der Waals surface area contributed by atoms with Gasteiger partial charge < -0.3 is 14.0 Å². The number of nitrogens with zero attached hydrogens (tertiary/aromatic N) is 2. The molecule has 31 heavy (non-hydrogen) atoms. The van der Waals surface area contributed by atoms with Crippen LogP contribution < -0.4 is 14.3 Å². The van der Waals surface area contributed by atoms with Gasteiger partial charge in [0.1, 0.15) is 0 Å². The molecular weight excluding hydrogens is 436 g/mol. The lowest BCUT2D eigenvalue weighted by Gasteiger charge is -2.07. The molecule has 160 valence electrons. The van der Waals surface area contributed by atoms with Crippen LogP contribution in [0.25, 0.3) is 16.3 Å². The molecule has 2 aromatic carbocycles. The molecular formula is C22H20N2O5S2. The summed E-state index contributed by atoms with van der Waals surface area (Å²) >= 11 is 1.20. The fourth-order valence-corrected chi connectivity index (χ4v) is 4.66. The zero-order chi connectivity index (χ0) is 22.6. The van der Waals surface area contributed by atoms with Crippen LogP contribution in [0.15, 0.2) is 52.4 Å². The lowest BCUT2D eigenvalue weighted by Crippen LogP contribution is -2.15. The fourth-order valence-electron chi connectivity index (χ4n) is 2.87. The van der Waals surface area contributed by atoms with Gasteiger partial charge in [-0.25, -0.2) is 8.42 Å². The third-order valence-corrected chi connectivity index (χ3v) is 6.51. The van der Waals surface area contributed by atoms with Crippen LogP contribution in [0.4, 0.5) is 0 Å². The number of fused-ring (bicyclic) bond motifs is 1. The van der Waals surface area contributed by atoms with Crippen molar-refractivity contribution in [1.29, 1.82) is 0 Å². The lowest BCUT2D eigenvalue weighted by molar-refractivity contribution is -0.113. The highest BCUT2D eigenvalue weighted by atomic mass is 32.2. The van der Waals surface area contributed by atoms with Gasteiger partial charge in [-0.1, -0.05) is 23.3 Å². The molecule has 0 atom stereocenters. The Kier molecular flexibility index (Phi) is 6.63. The van der Waals surface area contributed by atoms with E-state index in [9.17, 15) is 13.2 Å². The van der Waals surface area contributed by atoms with Gasteiger partial charge in [0.25, 0.3) is 5.91 Å². The quantitative estimate of drug-likeness (QED) is 0.421. The first-order chi connectivity index (χ1) is 14.8. The molecule has 0 spiro atoms. The normalized spacial score (nSPS) is 12.3.